The standard InChI is InChI=1S/C13H14N2O2S/c1-2-17-13(16)7-11-9-18-12(15-11)6-10-4-3-5-14-8-10/h3-5,8-9H,2,6-7H2,1H3. The monoisotopic (exact) mass is 262 g/mol. The molecule has 0 fully saturated rings. The van der Waals surface area contributed by atoms with Crippen LogP contribution < -0.4 is 0 Å². The number of thiazole rings is 1. The molecule has 0 amide bonds. The summed E-state index contributed by atoms with van der Waals surface area (Å²) in [5, 5.41) is 2.89. The number of ether oxygens (including phenoxy) is 1. The summed E-state index contributed by atoms with van der Waals surface area (Å²) in [6.45, 7) is 2.21. The topological polar surface area (TPSA) is 52.1 Å². The third-order valence-electron chi connectivity index (χ3n) is 2.31. The van der Waals surface area contributed by atoms with Crippen molar-refractivity contribution in [3.8, 4) is 0 Å². The first kappa shape index (κ1) is 12.7. The van der Waals surface area contributed by atoms with Gasteiger partial charge in [0.05, 0.1) is 23.7 Å². The minimum absolute atomic E-state index is 0.226. The summed E-state index contributed by atoms with van der Waals surface area (Å²) < 4.78 is 4.89. The fourth-order valence-electron chi connectivity index (χ4n) is 1.55. The molecule has 2 rings (SSSR count). The molecule has 0 aliphatic heterocycles. The third kappa shape index (κ3) is 3.63. The molecular formula is C13H14N2O2S. The first-order chi connectivity index (χ1) is 8.78. The minimum atomic E-state index is -0.226. The maximum atomic E-state index is 11.3. The average molecular weight is 262 g/mol. The summed E-state index contributed by atoms with van der Waals surface area (Å²) in [7, 11) is 0. The Morgan fingerprint density at radius 2 is 2.39 bits per heavy atom. The predicted molar refractivity (Wildman–Crippen MR) is 69.5 cm³/mol. The Kier molecular flexibility index (Phi) is 4.41. The molecule has 0 aliphatic carbocycles. The van der Waals surface area contributed by atoms with Crippen LogP contribution in [0.5, 0.6) is 0 Å². The highest BCUT2D eigenvalue weighted by atomic mass is 32.1. The largest absolute Gasteiger partial charge is 0.466 e. The van der Waals surface area contributed by atoms with Gasteiger partial charge in [0.15, 0.2) is 0 Å². The summed E-state index contributed by atoms with van der Waals surface area (Å²) in [6.07, 6.45) is 4.57. The number of esters is 1. The fourth-order valence-corrected chi connectivity index (χ4v) is 2.38. The normalized spacial score (nSPS) is 10.3. The highest BCUT2D eigenvalue weighted by Crippen LogP contribution is 2.14. The third-order valence-corrected chi connectivity index (χ3v) is 3.21. The van der Waals surface area contributed by atoms with Gasteiger partial charge in [-0.3, -0.25) is 9.78 Å². The van der Waals surface area contributed by atoms with Crippen LogP contribution in [0.15, 0.2) is 29.9 Å². The number of rotatable bonds is 5. The lowest BCUT2D eigenvalue weighted by atomic mass is 10.2. The number of hydrogen-bond acceptors (Lipinski definition) is 5. The fraction of sp³-hybridized carbons (Fsp3) is 0.308. The maximum absolute atomic E-state index is 11.3. The summed E-state index contributed by atoms with van der Waals surface area (Å²) in [4.78, 5) is 19.8. The first-order valence-corrected chi connectivity index (χ1v) is 6.63. The van der Waals surface area contributed by atoms with E-state index in [2.05, 4.69) is 9.97 Å². The smallest absolute Gasteiger partial charge is 0.311 e. The van der Waals surface area contributed by atoms with Gasteiger partial charge in [-0.15, -0.1) is 11.3 Å². The van der Waals surface area contributed by atoms with E-state index < -0.39 is 0 Å². The number of carbonyl (C=O) groups is 1. The molecule has 5 heteroatoms. The van der Waals surface area contributed by atoms with Gasteiger partial charge in [0, 0.05) is 24.2 Å². The molecule has 0 bridgehead atoms. The Morgan fingerprint density at radius 3 is 3.11 bits per heavy atom. The van der Waals surface area contributed by atoms with Gasteiger partial charge in [-0.25, -0.2) is 4.98 Å². The molecule has 0 saturated carbocycles. The van der Waals surface area contributed by atoms with Gasteiger partial charge in [-0.05, 0) is 18.6 Å². The molecule has 0 aromatic carbocycles. The lowest BCUT2D eigenvalue weighted by Crippen LogP contribution is -2.07. The van der Waals surface area contributed by atoms with Gasteiger partial charge in [-0.2, -0.15) is 0 Å². The van der Waals surface area contributed by atoms with Crippen LogP contribution in [-0.2, 0) is 22.4 Å². The maximum Gasteiger partial charge on any atom is 0.311 e. The molecule has 18 heavy (non-hydrogen) atoms. The van der Waals surface area contributed by atoms with Crippen molar-refractivity contribution in [1.29, 1.82) is 0 Å². The number of aromatic nitrogens is 2. The first-order valence-electron chi connectivity index (χ1n) is 5.75. The second-order valence-electron chi connectivity index (χ2n) is 3.75. The van der Waals surface area contributed by atoms with E-state index in [0.29, 0.717) is 6.61 Å². The Labute approximate surface area is 110 Å². The van der Waals surface area contributed by atoms with Gasteiger partial charge >= 0.3 is 5.97 Å². The van der Waals surface area contributed by atoms with Gasteiger partial charge in [-0.1, -0.05) is 6.07 Å². The number of carbonyl (C=O) groups excluding carboxylic acids is 1. The SMILES string of the molecule is CCOC(=O)Cc1csc(Cc2cccnc2)n1. The highest BCUT2D eigenvalue weighted by molar-refractivity contribution is 7.09. The zero-order valence-electron chi connectivity index (χ0n) is 10.1. The molecule has 0 aliphatic rings. The van der Waals surface area contributed by atoms with E-state index in [9.17, 15) is 4.79 Å². The van der Waals surface area contributed by atoms with Crippen molar-refractivity contribution in [2.45, 2.75) is 19.8 Å². The molecule has 0 atom stereocenters. The molecular weight excluding hydrogens is 248 g/mol. The summed E-state index contributed by atoms with van der Waals surface area (Å²) in [6, 6.07) is 3.92. The quantitative estimate of drug-likeness (QED) is 0.775. The number of nitrogens with zero attached hydrogens (tertiary/aromatic N) is 2. The molecule has 2 aromatic rings. The van der Waals surface area contributed by atoms with Gasteiger partial charge in [0.1, 0.15) is 0 Å². The van der Waals surface area contributed by atoms with Crippen LogP contribution >= 0.6 is 11.3 Å². The Balaban J connectivity index is 1.96. The van der Waals surface area contributed by atoms with Gasteiger partial charge < -0.3 is 4.74 Å². The molecule has 0 radical (unpaired) electrons. The lowest BCUT2D eigenvalue weighted by Gasteiger charge is -1.98. The molecule has 0 N–H and O–H groups in total. The van der Waals surface area contributed by atoms with Crippen LogP contribution in [0.3, 0.4) is 0 Å². The van der Waals surface area contributed by atoms with Crippen molar-refractivity contribution in [3.63, 3.8) is 0 Å². The van der Waals surface area contributed by atoms with E-state index in [1.807, 2.05) is 23.7 Å². The van der Waals surface area contributed by atoms with E-state index in [0.717, 1.165) is 22.7 Å². The second kappa shape index (κ2) is 6.26. The van der Waals surface area contributed by atoms with Crippen molar-refractivity contribution < 1.29 is 9.53 Å². The number of hydrogen-bond donors (Lipinski definition) is 0. The van der Waals surface area contributed by atoms with Crippen LogP contribution in [0.1, 0.15) is 23.2 Å². The molecule has 2 aromatic heterocycles. The Hall–Kier alpha value is -1.75. The highest BCUT2D eigenvalue weighted by Gasteiger charge is 2.08. The van der Waals surface area contributed by atoms with Crippen LogP contribution in [-0.4, -0.2) is 22.5 Å². The Bertz CT molecular complexity index is 511. The molecule has 0 unspecified atom stereocenters. The molecule has 2 heterocycles. The Morgan fingerprint density at radius 1 is 1.50 bits per heavy atom. The minimum Gasteiger partial charge on any atom is -0.466 e. The van der Waals surface area contributed by atoms with Crippen molar-refractivity contribution in [2.75, 3.05) is 6.61 Å². The van der Waals surface area contributed by atoms with Crippen LogP contribution in [0.4, 0.5) is 0 Å². The summed E-state index contributed by atoms with van der Waals surface area (Å²) in [5.74, 6) is -0.226. The molecule has 0 spiro atoms. The lowest BCUT2D eigenvalue weighted by molar-refractivity contribution is -0.142. The van der Waals surface area contributed by atoms with Gasteiger partial charge in [0.25, 0.3) is 0 Å². The zero-order chi connectivity index (χ0) is 12.8. The summed E-state index contributed by atoms with van der Waals surface area (Å²) in [5.41, 5.74) is 1.90. The van der Waals surface area contributed by atoms with Crippen molar-refractivity contribution in [1.82, 2.24) is 9.97 Å². The average Bonchev–Trinajstić information content (AvgIpc) is 2.78. The van der Waals surface area contributed by atoms with E-state index in [-0.39, 0.29) is 12.4 Å². The molecule has 0 saturated heterocycles. The van der Waals surface area contributed by atoms with Gasteiger partial charge in [0.2, 0.25) is 0 Å². The van der Waals surface area contributed by atoms with Crippen LogP contribution in [0, 0.1) is 0 Å². The van der Waals surface area contributed by atoms with Crippen molar-refractivity contribution >= 4 is 17.3 Å². The predicted octanol–water partition coefficient (Wildman–Crippen LogP) is 2.23. The van der Waals surface area contributed by atoms with E-state index in [1.54, 1.807) is 24.5 Å². The number of pyridine rings is 1. The second-order valence-corrected chi connectivity index (χ2v) is 4.70. The van der Waals surface area contributed by atoms with Crippen LogP contribution in [0.25, 0.3) is 0 Å². The van der Waals surface area contributed by atoms with E-state index in [1.165, 1.54) is 0 Å². The molecule has 94 valence electrons. The summed E-state index contributed by atoms with van der Waals surface area (Å²) >= 11 is 1.56. The van der Waals surface area contributed by atoms with E-state index in [4.69, 9.17) is 4.74 Å². The molecule has 4 nitrogen and oxygen atoms in total. The zero-order valence-corrected chi connectivity index (χ0v) is 10.9. The van der Waals surface area contributed by atoms with E-state index >= 15 is 0 Å². The van der Waals surface area contributed by atoms with Crippen LogP contribution in [0.2, 0.25) is 0 Å². The van der Waals surface area contributed by atoms with Crippen molar-refractivity contribution in [2.24, 2.45) is 0 Å². The van der Waals surface area contributed by atoms with Crippen molar-refractivity contribution in [3.05, 3.63) is 46.2 Å².